The summed E-state index contributed by atoms with van der Waals surface area (Å²) < 4.78 is 10.6. The number of aliphatic hydroxyl groups excluding tert-OH is 1. The van der Waals surface area contributed by atoms with E-state index in [1.54, 1.807) is 0 Å². The van der Waals surface area contributed by atoms with Crippen molar-refractivity contribution in [3.05, 3.63) is 0 Å². The molecule has 0 aromatic heterocycles. The molecule has 0 spiro atoms. The first-order valence-corrected chi connectivity index (χ1v) is 5.20. The minimum Gasteiger partial charge on any atom is -0.391 e. The molecule has 0 aromatic rings. The molecule has 1 saturated heterocycles. The van der Waals surface area contributed by atoms with Crippen LogP contribution in [0.25, 0.3) is 0 Å². The Morgan fingerprint density at radius 3 is 3.08 bits per heavy atom. The SMILES string of the molecule is CCOCC(O)CCC1CCCO1. The fourth-order valence-electron chi connectivity index (χ4n) is 1.59. The standard InChI is InChI=1S/C10H20O3/c1-2-12-8-9(11)5-6-10-4-3-7-13-10/h9-11H,2-8H2,1H3. The molecule has 1 aliphatic heterocycles. The van der Waals surface area contributed by atoms with Crippen LogP contribution in [0.4, 0.5) is 0 Å². The third kappa shape index (κ3) is 4.60. The Labute approximate surface area is 80.0 Å². The van der Waals surface area contributed by atoms with E-state index in [-0.39, 0.29) is 6.10 Å². The largest absolute Gasteiger partial charge is 0.391 e. The van der Waals surface area contributed by atoms with Gasteiger partial charge in [-0.3, -0.25) is 0 Å². The predicted molar refractivity (Wildman–Crippen MR) is 50.7 cm³/mol. The van der Waals surface area contributed by atoms with Crippen molar-refractivity contribution >= 4 is 0 Å². The van der Waals surface area contributed by atoms with Gasteiger partial charge in [-0.25, -0.2) is 0 Å². The number of rotatable bonds is 6. The van der Waals surface area contributed by atoms with Crippen LogP contribution >= 0.6 is 0 Å². The van der Waals surface area contributed by atoms with Crippen LogP contribution < -0.4 is 0 Å². The molecule has 0 aliphatic carbocycles. The van der Waals surface area contributed by atoms with Crippen LogP contribution in [-0.4, -0.2) is 37.1 Å². The van der Waals surface area contributed by atoms with Gasteiger partial charge in [0.15, 0.2) is 0 Å². The summed E-state index contributed by atoms with van der Waals surface area (Å²) in [5, 5.41) is 9.46. The maximum Gasteiger partial charge on any atom is 0.0774 e. The number of ether oxygens (including phenoxy) is 2. The molecule has 13 heavy (non-hydrogen) atoms. The summed E-state index contributed by atoms with van der Waals surface area (Å²) in [5.74, 6) is 0. The zero-order valence-electron chi connectivity index (χ0n) is 8.37. The van der Waals surface area contributed by atoms with E-state index in [1.807, 2.05) is 6.92 Å². The van der Waals surface area contributed by atoms with E-state index in [0.717, 1.165) is 25.9 Å². The van der Waals surface area contributed by atoms with Gasteiger partial charge in [0, 0.05) is 13.2 Å². The lowest BCUT2D eigenvalue weighted by atomic mass is 10.1. The highest BCUT2D eigenvalue weighted by Gasteiger charge is 2.16. The molecule has 1 heterocycles. The molecule has 78 valence electrons. The molecular weight excluding hydrogens is 168 g/mol. The molecule has 3 heteroatoms. The minimum absolute atomic E-state index is 0.316. The number of aliphatic hydroxyl groups is 1. The zero-order chi connectivity index (χ0) is 9.52. The fourth-order valence-corrected chi connectivity index (χ4v) is 1.59. The summed E-state index contributed by atoms with van der Waals surface area (Å²) in [7, 11) is 0. The summed E-state index contributed by atoms with van der Waals surface area (Å²) in [6, 6.07) is 0. The van der Waals surface area contributed by atoms with Crippen molar-refractivity contribution < 1.29 is 14.6 Å². The van der Waals surface area contributed by atoms with Gasteiger partial charge in [0.1, 0.15) is 0 Å². The Morgan fingerprint density at radius 1 is 1.62 bits per heavy atom. The van der Waals surface area contributed by atoms with Crippen molar-refractivity contribution in [1.82, 2.24) is 0 Å². The molecular formula is C10H20O3. The van der Waals surface area contributed by atoms with Crippen LogP contribution in [0, 0.1) is 0 Å². The first kappa shape index (κ1) is 11.0. The van der Waals surface area contributed by atoms with E-state index < -0.39 is 0 Å². The molecule has 2 unspecified atom stereocenters. The van der Waals surface area contributed by atoms with Gasteiger partial charge in [-0.05, 0) is 32.6 Å². The van der Waals surface area contributed by atoms with Crippen LogP contribution in [0.15, 0.2) is 0 Å². The smallest absolute Gasteiger partial charge is 0.0774 e. The second-order valence-corrected chi connectivity index (χ2v) is 3.53. The minimum atomic E-state index is -0.316. The second kappa shape index (κ2) is 6.35. The fraction of sp³-hybridized carbons (Fsp3) is 1.00. The molecule has 1 fully saturated rings. The van der Waals surface area contributed by atoms with Gasteiger partial charge in [0.2, 0.25) is 0 Å². The monoisotopic (exact) mass is 188 g/mol. The Kier molecular flexibility index (Phi) is 5.35. The van der Waals surface area contributed by atoms with Gasteiger partial charge in [-0.15, -0.1) is 0 Å². The van der Waals surface area contributed by atoms with Crippen LogP contribution in [0.5, 0.6) is 0 Å². The van der Waals surface area contributed by atoms with Crippen molar-refractivity contribution in [3.8, 4) is 0 Å². The van der Waals surface area contributed by atoms with Gasteiger partial charge in [0.25, 0.3) is 0 Å². The summed E-state index contributed by atoms with van der Waals surface area (Å²) in [6.45, 7) is 3.97. The summed E-state index contributed by atoms with van der Waals surface area (Å²) in [5.41, 5.74) is 0. The molecule has 0 bridgehead atoms. The summed E-state index contributed by atoms with van der Waals surface area (Å²) in [6.07, 6.45) is 4.16. The first-order valence-electron chi connectivity index (χ1n) is 5.20. The Morgan fingerprint density at radius 2 is 2.46 bits per heavy atom. The predicted octanol–water partition coefficient (Wildman–Crippen LogP) is 1.34. The molecule has 2 atom stereocenters. The average Bonchev–Trinajstić information content (AvgIpc) is 2.64. The van der Waals surface area contributed by atoms with Crippen molar-refractivity contribution in [1.29, 1.82) is 0 Å². The van der Waals surface area contributed by atoms with E-state index >= 15 is 0 Å². The molecule has 1 aliphatic rings. The van der Waals surface area contributed by atoms with Crippen LogP contribution in [0.3, 0.4) is 0 Å². The molecule has 0 amide bonds. The molecule has 0 radical (unpaired) electrons. The topological polar surface area (TPSA) is 38.7 Å². The van der Waals surface area contributed by atoms with E-state index in [0.29, 0.717) is 19.3 Å². The van der Waals surface area contributed by atoms with Crippen LogP contribution in [0.1, 0.15) is 32.6 Å². The van der Waals surface area contributed by atoms with Crippen LogP contribution in [-0.2, 0) is 9.47 Å². The summed E-state index contributed by atoms with van der Waals surface area (Å²) in [4.78, 5) is 0. The highest BCUT2D eigenvalue weighted by molar-refractivity contribution is 4.67. The van der Waals surface area contributed by atoms with E-state index in [2.05, 4.69) is 0 Å². The van der Waals surface area contributed by atoms with Gasteiger partial charge >= 0.3 is 0 Å². The lowest BCUT2D eigenvalue weighted by Crippen LogP contribution is -2.18. The van der Waals surface area contributed by atoms with Gasteiger partial charge in [0.05, 0.1) is 18.8 Å². The van der Waals surface area contributed by atoms with Crippen molar-refractivity contribution in [2.45, 2.75) is 44.8 Å². The van der Waals surface area contributed by atoms with Gasteiger partial charge in [-0.2, -0.15) is 0 Å². The first-order chi connectivity index (χ1) is 6.33. The molecule has 0 saturated carbocycles. The molecule has 1 N–H and O–H groups in total. The van der Waals surface area contributed by atoms with E-state index in [1.165, 1.54) is 6.42 Å². The second-order valence-electron chi connectivity index (χ2n) is 3.53. The number of hydrogen-bond donors (Lipinski definition) is 1. The van der Waals surface area contributed by atoms with Crippen molar-refractivity contribution in [3.63, 3.8) is 0 Å². The third-order valence-corrected chi connectivity index (χ3v) is 2.36. The Balaban J connectivity index is 1.97. The molecule has 3 nitrogen and oxygen atoms in total. The lowest BCUT2D eigenvalue weighted by molar-refractivity contribution is 0.0246. The number of hydrogen-bond acceptors (Lipinski definition) is 3. The lowest BCUT2D eigenvalue weighted by Gasteiger charge is -2.13. The van der Waals surface area contributed by atoms with Gasteiger partial charge < -0.3 is 14.6 Å². The third-order valence-electron chi connectivity index (χ3n) is 2.36. The van der Waals surface area contributed by atoms with Crippen molar-refractivity contribution in [2.75, 3.05) is 19.8 Å². The maximum atomic E-state index is 9.46. The quantitative estimate of drug-likeness (QED) is 0.683. The summed E-state index contributed by atoms with van der Waals surface area (Å²) >= 11 is 0. The zero-order valence-corrected chi connectivity index (χ0v) is 8.37. The normalized spacial score (nSPS) is 24.9. The highest BCUT2D eigenvalue weighted by Crippen LogP contribution is 2.17. The van der Waals surface area contributed by atoms with Crippen LogP contribution in [0.2, 0.25) is 0 Å². The molecule has 0 aromatic carbocycles. The van der Waals surface area contributed by atoms with E-state index in [4.69, 9.17) is 9.47 Å². The van der Waals surface area contributed by atoms with E-state index in [9.17, 15) is 5.11 Å². The Bertz CT molecular complexity index is 121. The molecule has 1 rings (SSSR count). The maximum absolute atomic E-state index is 9.46. The highest BCUT2D eigenvalue weighted by atomic mass is 16.5. The van der Waals surface area contributed by atoms with Gasteiger partial charge in [-0.1, -0.05) is 0 Å². The van der Waals surface area contributed by atoms with Crippen molar-refractivity contribution in [2.24, 2.45) is 0 Å². The Hall–Kier alpha value is -0.120. The average molecular weight is 188 g/mol.